The lowest BCUT2D eigenvalue weighted by molar-refractivity contribution is -0.137. The van der Waals surface area contributed by atoms with Gasteiger partial charge < -0.3 is 5.32 Å². The number of hydrogen-bond donors (Lipinski definition) is 1. The normalized spacial score (nSPS) is 13.6. The van der Waals surface area contributed by atoms with Gasteiger partial charge in [-0.1, -0.05) is 25.1 Å². The van der Waals surface area contributed by atoms with Crippen molar-refractivity contribution in [2.24, 2.45) is 0 Å². The molecule has 0 saturated carbocycles. The standard InChI is InChI=1S/C13H18F3NS/c1-3-12(9-18-2)17-8-10-5-4-6-11(7-10)13(14,15)16/h4-7,12,17H,3,8-9H2,1-2H3. The second-order valence-electron chi connectivity index (χ2n) is 4.14. The van der Waals surface area contributed by atoms with Gasteiger partial charge in [0.05, 0.1) is 5.56 Å². The van der Waals surface area contributed by atoms with Gasteiger partial charge in [-0.05, 0) is 24.3 Å². The first-order valence-electron chi connectivity index (χ1n) is 5.85. The van der Waals surface area contributed by atoms with Crippen LogP contribution in [0.1, 0.15) is 24.5 Å². The maximum Gasteiger partial charge on any atom is 0.416 e. The molecule has 0 heterocycles. The van der Waals surface area contributed by atoms with Gasteiger partial charge in [0.25, 0.3) is 0 Å². The Morgan fingerprint density at radius 2 is 2.06 bits per heavy atom. The van der Waals surface area contributed by atoms with Gasteiger partial charge >= 0.3 is 6.18 Å². The monoisotopic (exact) mass is 277 g/mol. The van der Waals surface area contributed by atoms with Crippen LogP contribution in [-0.2, 0) is 12.7 Å². The fraction of sp³-hybridized carbons (Fsp3) is 0.538. The highest BCUT2D eigenvalue weighted by Gasteiger charge is 2.30. The topological polar surface area (TPSA) is 12.0 Å². The van der Waals surface area contributed by atoms with E-state index in [9.17, 15) is 13.2 Å². The Morgan fingerprint density at radius 1 is 1.33 bits per heavy atom. The van der Waals surface area contributed by atoms with Gasteiger partial charge in [0, 0.05) is 18.3 Å². The number of rotatable bonds is 6. The second kappa shape index (κ2) is 7.04. The van der Waals surface area contributed by atoms with E-state index in [1.807, 2.05) is 6.26 Å². The van der Waals surface area contributed by atoms with Gasteiger partial charge in [-0.25, -0.2) is 0 Å². The predicted molar refractivity (Wildman–Crippen MR) is 70.7 cm³/mol. The summed E-state index contributed by atoms with van der Waals surface area (Å²) in [6, 6.07) is 5.82. The summed E-state index contributed by atoms with van der Waals surface area (Å²) in [5.41, 5.74) is 0.0871. The van der Waals surface area contributed by atoms with Gasteiger partial charge in [-0.3, -0.25) is 0 Å². The van der Waals surface area contributed by atoms with Crippen LogP contribution < -0.4 is 5.32 Å². The quantitative estimate of drug-likeness (QED) is 0.845. The minimum absolute atomic E-state index is 0.342. The summed E-state index contributed by atoms with van der Waals surface area (Å²) in [7, 11) is 0. The van der Waals surface area contributed by atoms with Gasteiger partial charge in [-0.15, -0.1) is 0 Å². The molecule has 1 aromatic rings. The highest BCUT2D eigenvalue weighted by molar-refractivity contribution is 7.98. The van der Waals surface area contributed by atoms with E-state index in [1.54, 1.807) is 17.8 Å². The molecule has 0 spiro atoms. The number of nitrogens with one attached hydrogen (secondary N) is 1. The molecule has 1 N–H and O–H groups in total. The predicted octanol–water partition coefficient (Wildman–Crippen LogP) is 3.94. The van der Waals surface area contributed by atoms with Crippen LogP contribution in [0, 0.1) is 0 Å². The van der Waals surface area contributed by atoms with Crippen LogP contribution in [0.5, 0.6) is 0 Å². The summed E-state index contributed by atoms with van der Waals surface area (Å²) in [5, 5.41) is 3.28. The van der Waals surface area contributed by atoms with Crippen LogP contribution in [0.4, 0.5) is 13.2 Å². The van der Waals surface area contributed by atoms with Crippen molar-refractivity contribution in [2.45, 2.75) is 32.1 Å². The molecule has 0 aliphatic heterocycles. The average Bonchev–Trinajstić information content (AvgIpc) is 2.34. The third-order valence-corrected chi connectivity index (χ3v) is 3.45. The van der Waals surface area contributed by atoms with E-state index in [1.165, 1.54) is 12.1 Å². The van der Waals surface area contributed by atoms with Crippen molar-refractivity contribution < 1.29 is 13.2 Å². The van der Waals surface area contributed by atoms with E-state index in [4.69, 9.17) is 0 Å². The van der Waals surface area contributed by atoms with Gasteiger partial charge in [0.2, 0.25) is 0 Å². The van der Waals surface area contributed by atoms with Crippen LogP contribution in [0.3, 0.4) is 0 Å². The minimum atomic E-state index is -4.26. The molecule has 0 aromatic heterocycles. The highest BCUT2D eigenvalue weighted by atomic mass is 32.2. The molecule has 1 atom stereocenters. The summed E-state index contributed by atoms with van der Waals surface area (Å²) in [4.78, 5) is 0. The molecular formula is C13H18F3NS. The molecule has 0 amide bonds. The Labute approximate surface area is 110 Å². The molecule has 0 fully saturated rings. The first kappa shape index (κ1) is 15.4. The van der Waals surface area contributed by atoms with Crippen LogP contribution in [0.2, 0.25) is 0 Å². The first-order valence-corrected chi connectivity index (χ1v) is 7.25. The molecule has 0 saturated heterocycles. The molecule has 0 bridgehead atoms. The third kappa shape index (κ3) is 4.90. The zero-order valence-corrected chi connectivity index (χ0v) is 11.4. The number of benzene rings is 1. The average molecular weight is 277 g/mol. The summed E-state index contributed by atoms with van der Waals surface area (Å²) < 4.78 is 37.6. The zero-order chi connectivity index (χ0) is 13.6. The van der Waals surface area contributed by atoms with Crippen LogP contribution in [0.25, 0.3) is 0 Å². The third-order valence-electron chi connectivity index (χ3n) is 2.71. The molecule has 18 heavy (non-hydrogen) atoms. The molecule has 0 aliphatic rings. The maximum absolute atomic E-state index is 12.5. The number of alkyl halides is 3. The fourth-order valence-electron chi connectivity index (χ4n) is 1.64. The van der Waals surface area contributed by atoms with Crippen molar-refractivity contribution in [3.63, 3.8) is 0 Å². The Morgan fingerprint density at radius 3 is 2.61 bits per heavy atom. The molecular weight excluding hydrogens is 259 g/mol. The molecule has 0 aliphatic carbocycles. The van der Waals surface area contributed by atoms with Crippen molar-refractivity contribution in [1.82, 2.24) is 5.32 Å². The zero-order valence-electron chi connectivity index (χ0n) is 10.6. The van der Waals surface area contributed by atoms with Crippen molar-refractivity contribution >= 4 is 11.8 Å². The van der Waals surface area contributed by atoms with Crippen LogP contribution in [0.15, 0.2) is 24.3 Å². The van der Waals surface area contributed by atoms with Crippen LogP contribution >= 0.6 is 11.8 Å². The largest absolute Gasteiger partial charge is 0.416 e. The Bertz CT molecular complexity index is 365. The summed E-state index contributed by atoms with van der Waals surface area (Å²) in [6.07, 6.45) is -1.27. The molecule has 5 heteroatoms. The molecule has 0 radical (unpaired) electrons. The summed E-state index contributed by atoms with van der Waals surface area (Å²) in [6.45, 7) is 2.54. The molecule has 102 valence electrons. The van der Waals surface area contributed by atoms with Gasteiger partial charge in [0.1, 0.15) is 0 Å². The Kier molecular flexibility index (Phi) is 6.02. The smallest absolute Gasteiger partial charge is 0.309 e. The maximum atomic E-state index is 12.5. The SMILES string of the molecule is CCC(CSC)NCc1cccc(C(F)(F)F)c1. The fourth-order valence-corrected chi connectivity index (χ4v) is 2.40. The van der Waals surface area contributed by atoms with E-state index >= 15 is 0 Å². The molecule has 1 aromatic carbocycles. The Balaban J connectivity index is 2.62. The van der Waals surface area contributed by atoms with Crippen molar-refractivity contribution in [3.8, 4) is 0 Å². The number of hydrogen-bond acceptors (Lipinski definition) is 2. The molecule has 1 nitrogen and oxygen atoms in total. The van der Waals surface area contributed by atoms with E-state index in [0.29, 0.717) is 18.2 Å². The minimum Gasteiger partial charge on any atom is -0.309 e. The van der Waals surface area contributed by atoms with E-state index < -0.39 is 11.7 Å². The Hall–Kier alpha value is -0.680. The highest BCUT2D eigenvalue weighted by Crippen LogP contribution is 2.29. The second-order valence-corrected chi connectivity index (χ2v) is 5.05. The first-order chi connectivity index (χ1) is 8.47. The summed E-state index contributed by atoms with van der Waals surface area (Å²) >= 11 is 1.73. The molecule has 1 unspecified atom stereocenters. The van der Waals surface area contributed by atoms with Gasteiger partial charge in [0.15, 0.2) is 0 Å². The lowest BCUT2D eigenvalue weighted by atomic mass is 10.1. The van der Waals surface area contributed by atoms with E-state index in [2.05, 4.69) is 12.2 Å². The van der Waals surface area contributed by atoms with Crippen molar-refractivity contribution in [1.29, 1.82) is 0 Å². The number of thioether (sulfide) groups is 1. The number of halogens is 3. The van der Waals surface area contributed by atoms with Crippen molar-refractivity contribution in [2.75, 3.05) is 12.0 Å². The van der Waals surface area contributed by atoms with Crippen molar-refractivity contribution in [3.05, 3.63) is 35.4 Å². The van der Waals surface area contributed by atoms with E-state index in [0.717, 1.165) is 18.2 Å². The van der Waals surface area contributed by atoms with Gasteiger partial charge in [-0.2, -0.15) is 24.9 Å². The summed E-state index contributed by atoms with van der Waals surface area (Å²) in [5.74, 6) is 0.968. The lowest BCUT2D eigenvalue weighted by Gasteiger charge is -2.16. The molecule has 1 rings (SSSR count). The lowest BCUT2D eigenvalue weighted by Crippen LogP contribution is -2.30. The van der Waals surface area contributed by atoms with Crippen LogP contribution in [-0.4, -0.2) is 18.1 Å². The van der Waals surface area contributed by atoms with E-state index in [-0.39, 0.29) is 0 Å².